The van der Waals surface area contributed by atoms with Crippen molar-refractivity contribution >= 4 is 33.0 Å². The Labute approximate surface area is 132 Å². The molecule has 0 saturated carbocycles. The average molecular weight is 341 g/mol. The van der Waals surface area contributed by atoms with E-state index in [1.807, 2.05) is 0 Å². The minimum atomic E-state index is -3.68. The fraction of sp³-hybridized carbons (Fsp3) is 0.143. The molecule has 1 N–H and O–H groups in total. The molecule has 0 fully saturated rings. The van der Waals surface area contributed by atoms with E-state index in [4.69, 9.17) is 11.6 Å². The molecule has 0 heterocycles. The second-order valence-corrected chi connectivity index (χ2v) is 6.85. The predicted molar refractivity (Wildman–Crippen MR) is 85.5 cm³/mol. The summed E-state index contributed by atoms with van der Waals surface area (Å²) in [5, 5.41) is 11.4. The largest absolute Gasteiger partial charge is 0.283 e. The van der Waals surface area contributed by atoms with Gasteiger partial charge in [-0.05, 0) is 30.7 Å². The maximum atomic E-state index is 12.2. The van der Waals surface area contributed by atoms with Crippen molar-refractivity contribution in [2.45, 2.75) is 12.7 Å². The summed E-state index contributed by atoms with van der Waals surface area (Å²) in [4.78, 5) is 10.3. The molecule has 0 spiro atoms. The lowest BCUT2D eigenvalue weighted by atomic mass is 10.2. The molecule has 8 heteroatoms. The molecule has 116 valence electrons. The molecule has 0 amide bonds. The van der Waals surface area contributed by atoms with Crippen molar-refractivity contribution < 1.29 is 13.3 Å². The Morgan fingerprint density at radius 1 is 1.18 bits per heavy atom. The van der Waals surface area contributed by atoms with Gasteiger partial charge >= 0.3 is 0 Å². The highest BCUT2D eigenvalue weighted by molar-refractivity contribution is 7.91. The fourth-order valence-electron chi connectivity index (χ4n) is 1.94. The van der Waals surface area contributed by atoms with Crippen LogP contribution in [0.3, 0.4) is 0 Å². The van der Waals surface area contributed by atoms with Gasteiger partial charge < -0.3 is 0 Å². The molecule has 2 aromatic rings. The second-order valence-electron chi connectivity index (χ2n) is 4.69. The first kappa shape index (κ1) is 16.3. The zero-order valence-electron chi connectivity index (χ0n) is 11.6. The highest BCUT2D eigenvalue weighted by Crippen LogP contribution is 2.26. The normalized spacial score (nSPS) is 11.2. The second kappa shape index (κ2) is 6.33. The van der Waals surface area contributed by atoms with Crippen LogP contribution < -0.4 is 4.72 Å². The number of anilines is 1. The molecule has 0 aliphatic carbocycles. The Hall–Kier alpha value is -2.12. The molecule has 0 atom stereocenters. The monoisotopic (exact) mass is 340 g/mol. The van der Waals surface area contributed by atoms with Gasteiger partial charge in [-0.25, -0.2) is 8.42 Å². The molecule has 22 heavy (non-hydrogen) atoms. The van der Waals surface area contributed by atoms with Crippen molar-refractivity contribution in [1.82, 2.24) is 0 Å². The van der Waals surface area contributed by atoms with Crippen LogP contribution in [-0.4, -0.2) is 13.3 Å². The van der Waals surface area contributed by atoms with E-state index in [9.17, 15) is 18.5 Å². The lowest BCUT2D eigenvalue weighted by molar-refractivity contribution is -0.385. The molecule has 0 aliphatic rings. The maximum Gasteiger partial charge on any atom is 0.274 e. The molecule has 0 aliphatic heterocycles. The van der Waals surface area contributed by atoms with Crippen molar-refractivity contribution in [3.8, 4) is 0 Å². The Balaban J connectivity index is 2.24. The maximum absolute atomic E-state index is 12.2. The number of sulfonamides is 1. The van der Waals surface area contributed by atoms with Crippen LogP contribution in [0, 0.1) is 17.0 Å². The van der Waals surface area contributed by atoms with Gasteiger partial charge in [0.15, 0.2) is 0 Å². The number of nitrogens with one attached hydrogen (secondary N) is 1. The summed E-state index contributed by atoms with van der Waals surface area (Å²) in [6.45, 7) is 1.50. The number of benzene rings is 2. The topological polar surface area (TPSA) is 89.3 Å². The van der Waals surface area contributed by atoms with Crippen molar-refractivity contribution in [3.05, 3.63) is 68.7 Å². The molecule has 2 rings (SSSR count). The van der Waals surface area contributed by atoms with Crippen LogP contribution >= 0.6 is 11.6 Å². The lowest BCUT2D eigenvalue weighted by Gasteiger charge is -2.10. The van der Waals surface area contributed by atoms with E-state index in [1.165, 1.54) is 25.1 Å². The summed E-state index contributed by atoms with van der Waals surface area (Å²) < 4.78 is 26.7. The molecule has 0 saturated heterocycles. The van der Waals surface area contributed by atoms with Gasteiger partial charge in [-0.3, -0.25) is 14.8 Å². The highest BCUT2D eigenvalue weighted by atomic mass is 35.5. The quantitative estimate of drug-likeness (QED) is 0.666. The first-order valence-corrected chi connectivity index (χ1v) is 8.30. The predicted octanol–water partition coefficient (Wildman–Crippen LogP) is 3.50. The summed E-state index contributed by atoms with van der Waals surface area (Å²) in [5.41, 5.74) is 0.905. The number of nitro groups is 1. The Kier molecular flexibility index (Phi) is 4.68. The third kappa shape index (κ3) is 3.96. The zero-order valence-corrected chi connectivity index (χ0v) is 13.2. The van der Waals surface area contributed by atoms with Crippen molar-refractivity contribution in [1.29, 1.82) is 0 Å². The van der Waals surface area contributed by atoms with E-state index in [2.05, 4.69) is 4.72 Å². The summed E-state index contributed by atoms with van der Waals surface area (Å²) >= 11 is 5.75. The van der Waals surface area contributed by atoms with E-state index in [0.29, 0.717) is 10.6 Å². The van der Waals surface area contributed by atoms with Crippen molar-refractivity contribution in [2.24, 2.45) is 0 Å². The molecule has 6 nitrogen and oxygen atoms in total. The molecular weight excluding hydrogens is 328 g/mol. The Bertz CT molecular complexity index is 804. The standard InChI is InChI=1S/C14H13ClN2O4S/c1-10-13(3-2-4-14(10)17(18)19)16-22(20,21)9-11-5-7-12(15)8-6-11/h2-8,16H,9H2,1H3. The lowest BCUT2D eigenvalue weighted by Crippen LogP contribution is -2.16. The van der Waals surface area contributed by atoms with E-state index >= 15 is 0 Å². The van der Waals surface area contributed by atoms with Gasteiger partial charge in [-0.2, -0.15) is 0 Å². The van der Waals surface area contributed by atoms with Gasteiger partial charge in [0.1, 0.15) is 0 Å². The summed E-state index contributed by atoms with van der Waals surface area (Å²) in [6, 6.07) is 10.7. The van der Waals surface area contributed by atoms with Crippen molar-refractivity contribution in [3.63, 3.8) is 0 Å². The molecule has 0 unspecified atom stereocenters. The minimum absolute atomic E-state index is 0.133. The van der Waals surface area contributed by atoms with E-state index in [0.717, 1.165) is 0 Å². The van der Waals surface area contributed by atoms with Crippen LogP contribution in [0.25, 0.3) is 0 Å². The first-order chi connectivity index (χ1) is 10.3. The van der Waals surface area contributed by atoms with Crippen LogP contribution in [0.1, 0.15) is 11.1 Å². The van der Waals surface area contributed by atoms with Gasteiger partial charge in [0.2, 0.25) is 10.0 Å². The van der Waals surface area contributed by atoms with Gasteiger partial charge in [0.25, 0.3) is 5.69 Å². The number of hydrogen-bond donors (Lipinski definition) is 1. The Morgan fingerprint density at radius 2 is 1.82 bits per heavy atom. The van der Waals surface area contributed by atoms with E-state index in [1.54, 1.807) is 24.3 Å². The van der Waals surface area contributed by atoms with Gasteiger partial charge in [0.05, 0.1) is 21.9 Å². The van der Waals surface area contributed by atoms with E-state index < -0.39 is 14.9 Å². The fourth-order valence-corrected chi connectivity index (χ4v) is 3.32. The summed E-state index contributed by atoms with van der Waals surface area (Å²) in [6.07, 6.45) is 0. The average Bonchev–Trinajstić information content (AvgIpc) is 2.43. The van der Waals surface area contributed by atoms with E-state index in [-0.39, 0.29) is 22.7 Å². The van der Waals surface area contributed by atoms with Gasteiger partial charge in [0, 0.05) is 11.1 Å². The number of nitrogens with zero attached hydrogens (tertiary/aromatic N) is 1. The molecule has 0 radical (unpaired) electrons. The Morgan fingerprint density at radius 3 is 2.41 bits per heavy atom. The summed E-state index contributed by atoms with van der Waals surface area (Å²) in [5.74, 6) is -0.244. The van der Waals surface area contributed by atoms with Gasteiger partial charge in [-0.15, -0.1) is 0 Å². The van der Waals surface area contributed by atoms with Crippen LogP contribution in [0.4, 0.5) is 11.4 Å². The van der Waals surface area contributed by atoms with Crippen LogP contribution in [0.15, 0.2) is 42.5 Å². The first-order valence-electron chi connectivity index (χ1n) is 6.27. The zero-order chi connectivity index (χ0) is 16.3. The number of rotatable bonds is 5. The molecule has 0 aromatic heterocycles. The smallest absolute Gasteiger partial charge is 0.274 e. The third-order valence-electron chi connectivity index (χ3n) is 3.04. The van der Waals surface area contributed by atoms with Crippen LogP contribution in [0.5, 0.6) is 0 Å². The molecule has 0 bridgehead atoms. The highest BCUT2D eigenvalue weighted by Gasteiger charge is 2.18. The van der Waals surface area contributed by atoms with Crippen LogP contribution in [-0.2, 0) is 15.8 Å². The number of nitro benzene ring substituents is 1. The molecular formula is C14H13ClN2O4S. The number of hydrogen-bond acceptors (Lipinski definition) is 4. The number of halogens is 1. The third-order valence-corrected chi connectivity index (χ3v) is 4.53. The van der Waals surface area contributed by atoms with Gasteiger partial charge in [-0.1, -0.05) is 29.8 Å². The van der Waals surface area contributed by atoms with Crippen LogP contribution in [0.2, 0.25) is 5.02 Å². The summed E-state index contributed by atoms with van der Waals surface area (Å²) in [7, 11) is -3.68. The minimum Gasteiger partial charge on any atom is -0.283 e. The SMILES string of the molecule is Cc1c(NS(=O)(=O)Cc2ccc(Cl)cc2)cccc1[N+](=O)[O-]. The van der Waals surface area contributed by atoms with Crippen molar-refractivity contribution in [2.75, 3.05) is 4.72 Å². The molecule has 2 aromatic carbocycles.